The second-order valence-electron chi connectivity index (χ2n) is 4.47. The zero-order chi connectivity index (χ0) is 13.1. The Morgan fingerprint density at radius 3 is 2.39 bits per heavy atom. The number of benzene rings is 1. The third kappa shape index (κ3) is 2.16. The second-order valence-corrected chi connectivity index (χ2v) is 4.47. The molecule has 1 heterocycles. The van der Waals surface area contributed by atoms with Gasteiger partial charge >= 0.3 is 0 Å². The zero-order valence-corrected chi connectivity index (χ0v) is 10.9. The lowest BCUT2D eigenvalue weighted by Crippen LogP contribution is -2.06. The highest BCUT2D eigenvalue weighted by atomic mass is 14.9. The van der Waals surface area contributed by atoms with Crippen LogP contribution in [0.25, 0.3) is 11.1 Å². The number of nitrogen functional groups attached to an aromatic ring is 2. The molecule has 4 N–H and O–H groups in total. The molecule has 3 nitrogen and oxygen atoms in total. The Kier molecular flexibility index (Phi) is 3.51. The van der Waals surface area contributed by atoms with Crippen molar-refractivity contribution < 1.29 is 0 Å². The summed E-state index contributed by atoms with van der Waals surface area (Å²) >= 11 is 0. The number of aromatic nitrogens is 1. The van der Waals surface area contributed by atoms with Crippen LogP contribution in [0.4, 0.5) is 11.5 Å². The molecule has 2 aromatic rings. The Morgan fingerprint density at radius 2 is 1.78 bits per heavy atom. The molecule has 0 bridgehead atoms. The van der Waals surface area contributed by atoms with E-state index in [-0.39, 0.29) is 0 Å². The molecule has 0 saturated heterocycles. The fraction of sp³-hybridized carbons (Fsp3) is 0.267. The number of nitrogens with two attached hydrogens (primary N) is 2. The van der Waals surface area contributed by atoms with Gasteiger partial charge in [-0.05, 0) is 24.5 Å². The van der Waals surface area contributed by atoms with Crippen molar-refractivity contribution >= 4 is 11.5 Å². The standard InChI is InChI=1S/C15H19N3/c1-3-7-12-10(2)18-15(17)14(16)13(12)11-8-5-4-6-9-11/h4-6,8-9H,3,7,16H2,1-2H3,(H2,17,18). The van der Waals surface area contributed by atoms with Crippen molar-refractivity contribution in [3.05, 3.63) is 41.6 Å². The number of rotatable bonds is 3. The van der Waals surface area contributed by atoms with Gasteiger partial charge in [0.15, 0.2) is 0 Å². The minimum atomic E-state index is 0.422. The van der Waals surface area contributed by atoms with Gasteiger partial charge in [0.25, 0.3) is 0 Å². The highest BCUT2D eigenvalue weighted by Crippen LogP contribution is 2.34. The zero-order valence-electron chi connectivity index (χ0n) is 10.9. The summed E-state index contributed by atoms with van der Waals surface area (Å²) in [4.78, 5) is 4.33. The number of nitrogens with zero attached hydrogens (tertiary/aromatic N) is 1. The van der Waals surface area contributed by atoms with Gasteiger partial charge in [0, 0.05) is 11.3 Å². The van der Waals surface area contributed by atoms with Gasteiger partial charge in [-0.25, -0.2) is 4.98 Å². The number of pyridine rings is 1. The predicted molar refractivity (Wildman–Crippen MR) is 77.2 cm³/mol. The maximum Gasteiger partial charge on any atom is 0.147 e. The van der Waals surface area contributed by atoms with Crippen molar-refractivity contribution in [3.8, 4) is 11.1 Å². The van der Waals surface area contributed by atoms with Crippen LogP contribution in [0, 0.1) is 6.92 Å². The van der Waals surface area contributed by atoms with E-state index in [1.807, 2.05) is 25.1 Å². The van der Waals surface area contributed by atoms with Crippen molar-refractivity contribution in [2.75, 3.05) is 11.5 Å². The highest BCUT2D eigenvalue weighted by molar-refractivity contribution is 5.85. The van der Waals surface area contributed by atoms with Crippen molar-refractivity contribution in [1.82, 2.24) is 4.98 Å². The molecule has 0 aliphatic carbocycles. The van der Waals surface area contributed by atoms with Gasteiger partial charge in [0.2, 0.25) is 0 Å². The first-order valence-electron chi connectivity index (χ1n) is 6.25. The lowest BCUT2D eigenvalue weighted by Gasteiger charge is -2.16. The van der Waals surface area contributed by atoms with Crippen LogP contribution >= 0.6 is 0 Å². The van der Waals surface area contributed by atoms with E-state index in [0.717, 1.165) is 29.7 Å². The molecule has 1 aromatic heterocycles. The first-order chi connectivity index (χ1) is 8.65. The maximum absolute atomic E-state index is 6.13. The van der Waals surface area contributed by atoms with Gasteiger partial charge in [-0.2, -0.15) is 0 Å². The molecule has 0 saturated carbocycles. The molecular formula is C15H19N3. The summed E-state index contributed by atoms with van der Waals surface area (Å²) < 4.78 is 0. The summed E-state index contributed by atoms with van der Waals surface area (Å²) in [5.41, 5.74) is 16.9. The average molecular weight is 241 g/mol. The number of hydrogen-bond acceptors (Lipinski definition) is 3. The maximum atomic E-state index is 6.13. The van der Waals surface area contributed by atoms with Crippen molar-refractivity contribution in [1.29, 1.82) is 0 Å². The molecule has 1 aromatic carbocycles. The molecule has 0 amide bonds. The van der Waals surface area contributed by atoms with E-state index in [9.17, 15) is 0 Å². The summed E-state index contributed by atoms with van der Waals surface area (Å²) in [7, 11) is 0. The van der Waals surface area contributed by atoms with Gasteiger partial charge in [0.05, 0.1) is 5.69 Å². The Bertz CT molecular complexity index is 547. The lowest BCUT2D eigenvalue weighted by molar-refractivity contribution is 0.903. The quantitative estimate of drug-likeness (QED) is 0.867. The molecule has 0 unspecified atom stereocenters. The van der Waals surface area contributed by atoms with Gasteiger partial charge in [-0.3, -0.25) is 0 Å². The van der Waals surface area contributed by atoms with Crippen LogP contribution in [0.15, 0.2) is 30.3 Å². The van der Waals surface area contributed by atoms with E-state index in [1.165, 1.54) is 5.56 Å². The summed E-state index contributed by atoms with van der Waals surface area (Å²) in [6.07, 6.45) is 2.03. The van der Waals surface area contributed by atoms with Crippen molar-refractivity contribution in [3.63, 3.8) is 0 Å². The Balaban J connectivity index is 2.70. The monoisotopic (exact) mass is 241 g/mol. The highest BCUT2D eigenvalue weighted by Gasteiger charge is 2.15. The number of anilines is 2. The van der Waals surface area contributed by atoms with Gasteiger partial charge in [-0.1, -0.05) is 43.7 Å². The molecule has 94 valence electrons. The van der Waals surface area contributed by atoms with E-state index in [0.29, 0.717) is 11.5 Å². The topological polar surface area (TPSA) is 64.9 Å². The van der Waals surface area contributed by atoms with Crippen LogP contribution < -0.4 is 11.5 Å². The van der Waals surface area contributed by atoms with Gasteiger partial charge in [-0.15, -0.1) is 0 Å². The average Bonchev–Trinajstić information content (AvgIpc) is 2.37. The minimum absolute atomic E-state index is 0.422. The minimum Gasteiger partial charge on any atom is -0.395 e. The molecule has 3 heteroatoms. The predicted octanol–water partition coefficient (Wildman–Crippen LogP) is 3.17. The normalized spacial score (nSPS) is 10.6. The number of aryl methyl sites for hydroxylation is 1. The smallest absolute Gasteiger partial charge is 0.147 e. The third-order valence-corrected chi connectivity index (χ3v) is 3.13. The molecule has 0 aliphatic rings. The summed E-state index contributed by atoms with van der Waals surface area (Å²) in [6, 6.07) is 10.1. The molecule has 2 rings (SSSR count). The Morgan fingerprint density at radius 1 is 1.11 bits per heavy atom. The molecule has 0 radical (unpaired) electrons. The Labute approximate surface area is 108 Å². The van der Waals surface area contributed by atoms with Crippen LogP contribution in [0.5, 0.6) is 0 Å². The first kappa shape index (κ1) is 12.4. The fourth-order valence-electron chi connectivity index (χ4n) is 2.27. The SMILES string of the molecule is CCCc1c(C)nc(N)c(N)c1-c1ccccc1. The molecule has 0 spiro atoms. The molecule has 0 atom stereocenters. The van der Waals surface area contributed by atoms with E-state index >= 15 is 0 Å². The van der Waals surface area contributed by atoms with Crippen molar-refractivity contribution in [2.45, 2.75) is 26.7 Å². The molecule has 0 fully saturated rings. The van der Waals surface area contributed by atoms with Crippen LogP contribution in [0.1, 0.15) is 24.6 Å². The molecular weight excluding hydrogens is 222 g/mol. The van der Waals surface area contributed by atoms with Gasteiger partial charge in [0.1, 0.15) is 5.82 Å². The van der Waals surface area contributed by atoms with E-state index in [1.54, 1.807) is 0 Å². The van der Waals surface area contributed by atoms with Crippen LogP contribution in [0.2, 0.25) is 0 Å². The molecule has 0 aliphatic heterocycles. The Hall–Kier alpha value is -2.03. The van der Waals surface area contributed by atoms with E-state index in [4.69, 9.17) is 11.5 Å². The summed E-state index contributed by atoms with van der Waals surface area (Å²) in [6.45, 7) is 4.15. The second kappa shape index (κ2) is 5.08. The number of hydrogen-bond donors (Lipinski definition) is 2. The van der Waals surface area contributed by atoms with Crippen LogP contribution in [-0.4, -0.2) is 4.98 Å². The van der Waals surface area contributed by atoms with E-state index in [2.05, 4.69) is 24.0 Å². The first-order valence-corrected chi connectivity index (χ1v) is 6.25. The largest absolute Gasteiger partial charge is 0.395 e. The fourth-order valence-corrected chi connectivity index (χ4v) is 2.27. The third-order valence-electron chi connectivity index (χ3n) is 3.13. The summed E-state index contributed by atoms with van der Waals surface area (Å²) in [5, 5.41) is 0. The van der Waals surface area contributed by atoms with Gasteiger partial charge < -0.3 is 11.5 Å². The molecule has 18 heavy (non-hydrogen) atoms. The van der Waals surface area contributed by atoms with Crippen LogP contribution in [-0.2, 0) is 6.42 Å². The summed E-state index contributed by atoms with van der Waals surface area (Å²) in [5.74, 6) is 0.422. The van der Waals surface area contributed by atoms with Crippen LogP contribution in [0.3, 0.4) is 0 Å². The van der Waals surface area contributed by atoms with Crippen molar-refractivity contribution in [2.24, 2.45) is 0 Å². The van der Waals surface area contributed by atoms with E-state index < -0.39 is 0 Å². The lowest BCUT2D eigenvalue weighted by atomic mass is 9.94.